The van der Waals surface area contributed by atoms with Crippen LogP contribution in [0.4, 0.5) is 3.89 Å². The van der Waals surface area contributed by atoms with E-state index in [0.29, 0.717) is 27.9 Å². The highest BCUT2D eigenvalue weighted by atomic mass is 35.5. The standard InChI is InChI=1S/C8H4ClFN2OS/c9-7-5(4-13)3-11-8-6(7)1-2-12(8)14-10/h1-4H. The van der Waals surface area contributed by atoms with Crippen LogP contribution in [0.2, 0.25) is 5.02 Å². The van der Waals surface area contributed by atoms with E-state index in [1.54, 1.807) is 6.07 Å². The number of pyridine rings is 1. The van der Waals surface area contributed by atoms with Crippen molar-refractivity contribution in [2.24, 2.45) is 0 Å². The maximum absolute atomic E-state index is 12.3. The fraction of sp³-hybridized carbons (Fsp3) is 0. The van der Waals surface area contributed by atoms with Crippen LogP contribution >= 0.6 is 23.9 Å². The van der Waals surface area contributed by atoms with Crippen LogP contribution in [0, 0.1) is 0 Å². The van der Waals surface area contributed by atoms with Crippen molar-refractivity contribution < 1.29 is 8.68 Å². The Morgan fingerprint density at radius 3 is 3.07 bits per heavy atom. The number of hydrogen-bond acceptors (Lipinski definition) is 3. The van der Waals surface area contributed by atoms with E-state index in [1.165, 1.54) is 16.4 Å². The summed E-state index contributed by atoms with van der Waals surface area (Å²) in [5, 5.41) is 0.874. The van der Waals surface area contributed by atoms with Crippen LogP contribution in [0.3, 0.4) is 0 Å². The summed E-state index contributed by atoms with van der Waals surface area (Å²) in [4.78, 5) is 14.5. The van der Waals surface area contributed by atoms with Gasteiger partial charge in [0.1, 0.15) is 0 Å². The molecule has 0 amide bonds. The molecule has 0 saturated heterocycles. The van der Waals surface area contributed by atoms with E-state index < -0.39 is 0 Å². The summed E-state index contributed by atoms with van der Waals surface area (Å²) in [5.41, 5.74) is 0.717. The first kappa shape index (κ1) is 9.48. The molecule has 0 spiro atoms. The van der Waals surface area contributed by atoms with Crippen molar-refractivity contribution in [1.29, 1.82) is 0 Å². The van der Waals surface area contributed by atoms with Crippen LogP contribution in [0.15, 0.2) is 18.5 Å². The van der Waals surface area contributed by atoms with Crippen molar-refractivity contribution in [1.82, 2.24) is 8.96 Å². The molecule has 0 aliphatic rings. The summed E-state index contributed by atoms with van der Waals surface area (Å²) in [5.74, 6) is 0. The quantitative estimate of drug-likeness (QED) is 0.744. The SMILES string of the molecule is O=Cc1cnc2c(ccn2SF)c1Cl. The Bertz CT molecular complexity index is 499. The minimum Gasteiger partial charge on any atom is -0.298 e. The molecule has 0 fully saturated rings. The lowest BCUT2D eigenvalue weighted by Crippen LogP contribution is -1.89. The molecule has 0 aliphatic carbocycles. The summed E-state index contributed by atoms with van der Waals surface area (Å²) < 4.78 is 13.6. The Balaban J connectivity index is 2.78. The Hall–Kier alpha value is -1.07. The zero-order valence-electron chi connectivity index (χ0n) is 6.78. The minimum atomic E-state index is 0.0343. The average molecular weight is 231 g/mol. The summed E-state index contributed by atoms with van der Waals surface area (Å²) in [6, 6.07) is 1.62. The van der Waals surface area contributed by atoms with Crippen molar-refractivity contribution in [3.8, 4) is 0 Å². The number of carbonyl (C=O) groups excluding carboxylic acids is 1. The molecule has 2 heterocycles. The zero-order valence-corrected chi connectivity index (χ0v) is 8.35. The maximum atomic E-state index is 12.3. The summed E-state index contributed by atoms with van der Waals surface area (Å²) in [6.07, 6.45) is 3.45. The van der Waals surface area contributed by atoms with Crippen LogP contribution in [-0.4, -0.2) is 15.2 Å². The molecule has 2 aromatic heterocycles. The maximum Gasteiger partial charge on any atom is 0.171 e. The number of rotatable bonds is 2. The Kier molecular flexibility index (Phi) is 2.43. The Labute approximate surface area is 88.3 Å². The molecule has 2 rings (SSSR count). The van der Waals surface area contributed by atoms with Crippen molar-refractivity contribution in [3.63, 3.8) is 0 Å². The molecule has 6 heteroatoms. The zero-order chi connectivity index (χ0) is 10.1. The predicted molar refractivity (Wildman–Crippen MR) is 54.2 cm³/mol. The van der Waals surface area contributed by atoms with Crippen molar-refractivity contribution >= 4 is 41.3 Å². The van der Waals surface area contributed by atoms with E-state index in [1.807, 2.05) is 0 Å². The van der Waals surface area contributed by atoms with Gasteiger partial charge in [0.2, 0.25) is 0 Å². The van der Waals surface area contributed by atoms with Gasteiger partial charge in [0.25, 0.3) is 0 Å². The van der Waals surface area contributed by atoms with Gasteiger partial charge < -0.3 is 0 Å². The summed E-state index contributed by atoms with van der Waals surface area (Å²) in [6.45, 7) is 0. The number of aromatic nitrogens is 2. The molecule has 2 aromatic rings. The van der Waals surface area contributed by atoms with Crippen LogP contribution in [0.1, 0.15) is 10.4 Å². The molecule has 3 nitrogen and oxygen atoms in total. The van der Waals surface area contributed by atoms with Gasteiger partial charge in [0.05, 0.1) is 10.6 Å². The molecule has 0 aromatic carbocycles. The van der Waals surface area contributed by atoms with Gasteiger partial charge in [-0.1, -0.05) is 11.6 Å². The largest absolute Gasteiger partial charge is 0.298 e. The second kappa shape index (κ2) is 3.59. The predicted octanol–water partition coefficient (Wildman–Crippen LogP) is 2.88. The van der Waals surface area contributed by atoms with Crippen molar-refractivity contribution in [2.75, 3.05) is 0 Å². The third kappa shape index (κ3) is 1.29. The lowest BCUT2D eigenvalue weighted by atomic mass is 10.2. The smallest absolute Gasteiger partial charge is 0.171 e. The van der Waals surface area contributed by atoms with Crippen LogP contribution < -0.4 is 0 Å². The van der Waals surface area contributed by atoms with Crippen LogP contribution in [0.5, 0.6) is 0 Å². The lowest BCUT2D eigenvalue weighted by Gasteiger charge is -1.98. The number of hydrogen-bond donors (Lipinski definition) is 0. The molecule has 0 bridgehead atoms. The molecular formula is C8H4ClFN2OS. The summed E-state index contributed by atoms with van der Waals surface area (Å²) >= 11 is 5.93. The van der Waals surface area contributed by atoms with Gasteiger partial charge >= 0.3 is 0 Å². The van der Waals surface area contributed by atoms with Gasteiger partial charge in [-0.2, -0.15) is 0 Å². The molecule has 0 aliphatic heterocycles. The van der Waals surface area contributed by atoms with Gasteiger partial charge in [0, 0.05) is 17.8 Å². The molecular weight excluding hydrogens is 227 g/mol. The monoisotopic (exact) mass is 230 g/mol. The van der Waals surface area contributed by atoms with E-state index >= 15 is 0 Å². The molecule has 72 valence electrons. The first-order valence-corrected chi connectivity index (χ1v) is 4.73. The van der Waals surface area contributed by atoms with E-state index in [9.17, 15) is 8.68 Å². The number of halogens is 2. The van der Waals surface area contributed by atoms with Gasteiger partial charge in [-0.3, -0.25) is 4.79 Å². The number of nitrogens with zero attached hydrogens (tertiary/aromatic N) is 2. The fourth-order valence-corrected chi connectivity index (χ4v) is 1.74. The number of carbonyl (C=O) groups is 1. The van der Waals surface area contributed by atoms with Crippen molar-refractivity contribution in [3.05, 3.63) is 29.0 Å². The van der Waals surface area contributed by atoms with E-state index in [0.717, 1.165) is 0 Å². The van der Waals surface area contributed by atoms with Crippen LogP contribution in [0.25, 0.3) is 11.0 Å². The fourth-order valence-electron chi connectivity index (χ4n) is 1.18. The highest BCUT2D eigenvalue weighted by molar-refractivity contribution is 7.92. The average Bonchev–Trinajstić information content (AvgIpc) is 2.62. The lowest BCUT2D eigenvalue weighted by molar-refractivity contribution is 0.112. The van der Waals surface area contributed by atoms with E-state index in [4.69, 9.17) is 11.6 Å². The van der Waals surface area contributed by atoms with Gasteiger partial charge in [-0.15, -0.1) is 3.89 Å². The first-order valence-electron chi connectivity index (χ1n) is 3.67. The number of aldehydes is 1. The van der Waals surface area contributed by atoms with Crippen LogP contribution in [-0.2, 0) is 0 Å². The van der Waals surface area contributed by atoms with E-state index in [2.05, 4.69) is 4.98 Å². The van der Waals surface area contributed by atoms with Gasteiger partial charge in [-0.05, 0) is 6.07 Å². The second-order valence-corrected chi connectivity index (χ2v) is 3.50. The molecule has 0 radical (unpaired) electrons. The molecule has 14 heavy (non-hydrogen) atoms. The minimum absolute atomic E-state index is 0.0343. The number of fused-ring (bicyclic) bond motifs is 1. The highest BCUT2D eigenvalue weighted by Gasteiger charge is 2.10. The molecule has 0 N–H and O–H groups in total. The Morgan fingerprint density at radius 2 is 2.43 bits per heavy atom. The Morgan fingerprint density at radius 1 is 1.64 bits per heavy atom. The third-order valence-electron chi connectivity index (χ3n) is 1.84. The second-order valence-electron chi connectivity index (χ2n) is 2.59. The van der Waals surface area contributed by atoms with Gasteiger partial charge in [-0.25, -0.2) is 8.96 Å². The molecule has 0 unspecified atom stereocenters. The molecule has 0 atom stereocenters. The topological polar surface area (TPSA) is 34.9 Å². The van der Waals surface area contributed by atoms with E-state index in [-0.39, 0.29) is 12.3 Å². The highest BCUT2D eigenvalue weighted by Crippen LogP contribution is 2.27. The van der Waals surface area contributed by atoms with Crippen molar-refractivity contribution in [2.45, 2.75) is 0 Å². The molecule has 0 saturated carbocycles. The first-order chi connectivity index (χ1) is 6.77. The summed E-state index contributed by atoms with van der Waals surface area (Å²) in [7, 11) is 0. The third-order valence-corrected chi connectivity index (χ3v) is 2.71. The normalized spacial score (nSPS) is 10.7. The van der Waals surface area contributed by atoms with Gasteiger partial charge in [0.15, 0.2) is 24.3 Å².